The fourth-order valence-electron chi connectivity index (χ4n) is 3.01. The molecule has 1 aromatic heterocycles. The van der Waals surface area contributed by atoms with Crippen molar-refractivity contribution >= 4 is 5.91 Å². The van der Waals surface area contributed by atoms with Gasteiger partial charge in [0.05, 0.1) is 17.5 Å². The van der Waals surface area contributed by atoms with Gasteiger partial charge in [-0.1, -0.05) is 24.3 Å². The molecule has 0 bridgehead atoms. The van der Waals surface area contributed by atoms with Gasteiger partial charge in [0, 0.05) is 17.8 Å². The Morgan fingerprint density at radius 3 is 2.42 bits per heavy atom. The van der Waals surface area contributed by atoms with Crippen molar-refractivity contribution in [3.05, 3.63) is 82.7 Å². The normalized spacial score (nSPS) is 12.0. The molecule has 1 atom stereocenters. The van der Waals surface area contributed by atoms with Crippen LogP contribution in [0.3, 0.4) is 0 Å². The van der Waals surface area contributed by atoms with Crippen LogP contribution in [0, 0.1) is 20.8 Å². The van der Waals surface area contributed by atoms with E-state index in [4.69, 9.17) is 0 Å². The first-order chi connectivity index (χ1) is 12.5. The lowest BCUT2D eigenvalue weighted by molar-refractivity contribution is 0.0916. The largest absolute Gasteiger partial charge is 0.387 e. The molecule has 5 heteroatoms. The van der Waals surface area contributed by atoms with Crippen LogP contribution >= 0.6 is 0 Å². The first-order valence-electron chi connectivity index (χ1n) is 8.61. The summed E-state index contributed by atoms with van der Waals surface area (Å²) in [7, 11) is 0. The topological polar surface area (TPSA) is 67.2 Å². The highest BCUT2D eigenvalue weighted by atomic mass is 16.3. The van der Waals surface area contributed by atoms with E-state index in [1.807, 2.05) is 67.9 Å². The Hall–Kier alpha value is -2.92. The number of aryl methyl sites for hydroxylation is 3. The molecule has 3 rings (SSSR count). The summed E-state index contributed by atoms with van der Waals surface area (Å²) < 4.78 is 1.85. The molecule has 26 heavy (non-hydrogen) atoms. The van der Waals surface area contributed by atoms with Crippen LogP contribution in [-0.2, 0) is 0 Å². The number of nitrogens with zero attached hydrogens (tertiary/aromatic N) is 2. The molecule has 2 aromatic carbocycles. The molecule has 1 heterocycles. The second-order valence-corrected chi connectivity index (χ2v) is 6.47. The number of nitrogens with one attached hydrogen (secondary N) is 1. The van der Waals surface area contributed by atoms with E-state index in [2.05, 4.69) is 10.4 Å². The van der Waals surface area contributed by atoms with Gasteiger partial charge in [0.25, 0.3) is 5.91 Å². The van der Waals surface area contributed by atoms with Gasteiger partial charge in [-0.25, -0.2) is 4.68 Å². The van der Waals surface area contributed by atoms with Crippen molar-refractivity contribution in [2.24, 2.45) is 0 Å². The third-order valence-electron chi connectivity index (χ3n) is 4.39. The predicted molar refractivity (Wildman–Crippen MR) is 102 cm³/mol. The monoisotopic (exact) mass is 349 g/mol. The second-order valence-electron chi connectivity index (χ2n) is 6.47. The molecule has 0 aliphatic heterocycles. The summed E-state index contributed by atoms with van der Waals surface area (Å²) in [6, 6.07) is 16.9. The van der Waals surface area contributed by atoms with Crippen molar-refractivity contribution in [1.29, 1.82) is 0 Å². The van der Waals surface area contributed by atoms with E-state index in [-0.39, 0.29) is 12.5 Å². The van der Waals surface area contributed by atoms with Crippen LogP contribution in [0.5, 0.6) is 0 Å². The molecule has 0 saturated carbocycles. The molecule has 1 unspecified atom stereocenters. The Balaban J connectivity index is 1.65. The fourth-order valence-corrected chi connectivity index (χ4v) is 3.01. The Kier molecular flexibility index (Phi) is 5.19. The fraction of sp³-hybridized carbons (Fsp3) is 0.238. The standard InChI is InChI=1S/C21H23N3O2/c1-14-6-4-5-7-19(14)20(25)13-22-21(26)17-8-10-18(11-9-17)24-16(3)12-15(2)23-24/h4-12,20,25H,13H2,1-3H3,(H,22,26). The molecular formula is C21H23N3O2. The van der Waals surface area contributed by atoms with E-state index < -0.39 is 6.10 Å². The SMILES string of the molecule is Cc1cc(C)n(-c2ccc(C(=O)NCC(O)c3ccccc3C)cc2)n1. The van der Waals surface area contributed by atoms with Crippen LogP contribution in [-0.4, -0.2) is 27.3 Å². The van der Waals surface area contributed by atoms with Crippen molar-refractivity contribution in [1.82, 2.24) is 15.1 Å². The van der Waals surface area contributed by atoms with Crippen LogP contribution < -0.4 is 5.32 Å². The minimum Gasteiger partial charge on any atom is -0.387 e. The predicted octanol–water partition coefficient (Wildman–Crippen LogP) is 3.26. The van der Waals surface area contributed by atoms with Gasteiger partial charge in [0.15, 0.2) is 0 Å². The molecule has 0 fully saturated rings. The Morgan fingerprint density at radius 2 is 1.81 bits per heavy atom. The lowest BCUT2D eigenvalue weighted by Gasteiger charge is -2.14. The number of hydrogen-bond donors (Lipinski definition) is 2. The van der Waals surface area contributed by atoms with Gasteiger partial charge in [0.2, 0.25) is 0 Å². The van der Waals surface area contributed by atoms with Gasteiger partial charge >= 0.3 is 0 Å². The van der Waals surface area contributed by atoms with Crippen LogP contribution in [0.25, 0.3) is 5.69 Å². The number of aliphatic hydroxyl groups excluding tert-OH is 1. The molecule has 0 aliphatic rings. The Bertz CT molecular complexity index is 913. The van der Waals surface area contributed by atoms with Crippen molar-refractivity contribution in [3.8, 4) is 5.69 Å². The zero-order valence-corrected chi connectivity index (χ0v) is 15.2. The van der Waals surface area contributed by atoms with Crippen molar-refractivity contribution < 1.29 is 9.90 Å². The van der Waals surface area contributed by atoms with E-state index >= 15 is 0 Å². The number of aliphatic hydroxyl groups is 1. The number of benzene rings is 2. The highest BCUT2D eigenvalue weighted by Crippen LogP contribution is 2.17. The summed E-state index contributed by atoms with van der Waals surface area (Å²) in [5.74, 6) is -0.211. The molecule has 2 N–H and O–H groups in total. The number of carbonyl (C=O) groups excluding carboxylic acids is 1. The van der Waals surface area contributed by atoms with Crippen molar-refractivity contribution in [2.45, 2.75) is 26.9 Å². The number of amides is 1. The summed E-state index contributed by atoms with van der Waals surface area (Å²) in [6.45, 7) is 6.06. The zero-order valence-electron chi connectivity index (χ0n) is 15.2. The number of rotatable bonds is 5. The number of aromatic nitrogens is 2. The first kappa shape index (κ1) is 17.9. The van der Waals surface area contributed by atoms with Gasteiger partial charge < -0.3 is 10.4 Å². The van der Waals surface area contributed by atoms with Crippen LogP contribution in [0.15, 0.2) is 54.6 Å². The second kappa shape index (κ2) is 7.54. The summed E-state index contributed by atoms with van der Waals surface area (Å²) in [5, 5.41) is 17.5. The molecule has 134 valence electrons. The van der Waals surface area contributed by atoms with Crippen molar-refractivity contribution in [3.63, 3.8) is 0 Å². The summed E-state index contributed by atoms with van der Waals surface area (Å²) in [4.78, 5) is 12.3. The van der Waals surface area contributed by atoms with Crippen LogP contribution in [0.4, 0.5) is 0 Å². The Morgan fingerprint density at radius 1 is 1.12 bits per heavy atom. The maximum absolute atomic E-state index is 12.3. The van der Waals surface area contributed by atoms with Crippen molar-refractivity contribution in [2.75, 3.05) is 6.54 Å². The first-order valence-corrected chi connectivity index (χ1v) is 8.61. The number of carbonyl (C=O) groups is 1. The van der Waals surface area contributed by atoms with Gasteiger partial charge in [-0.15, -0.1) is 0 Å². The molecule has 0 aliphatic carbocycles. The van der Waals surface area contributed by atoms with E-state index in [0.29, 0.717) is 5.56 Å². The molecule has 0 saturated heterocycles. The Labute approximate surface area is 153 Å². The number of hydrogen-bond acceptors (Lipinski definition) is 3. The maximum atomic E-state index is 12.3. The van der Waals surface area contributed by atoms with Crippen LogP contribution in [0.2, 0.25) is 0 Å². The molecule has 5 nitrogen and oxygen atoms in total. The summed E-state index contributed by atoms with van der Waals surface area (Å²) >= 11 is 0. The van der Waals surface area contributed by atoms with Gasteiger partial charge in [-0.05, 0) is 62.2 Å². The highest BCUT2D eigenvalue weighted by Gasteiger charge is 2.13. The van der Waals surface area contributed by atoms with E-state index in [1.54, 1.807) is 12.1 Å². The van der Waals surface area contributed by atoms with E-state index in [0.717, 1.165) is 28.2 Å². The van der Waals surface area contributed by atoms with Crippen LogP contribution in [0.1, 0.15) is 39.0 Å². The maximum Gasteiger partial charge on any atom is 0.251 e. The smallest absolute Gasteiger partial charge is 0.251 e. The average molecular weight is 349 g/mol. The third-order valence-corrected chi connectivity index (χ3v) is 4.39. The lowest BCUT2D eigenvalue weighted by atomic mass is 10.0. The highest BCUT2D eigenvalue weighted by molar-refractivity contribution is 5.94. The summed E-state index contributed by atoms with van der Waals surface area (Å²) in [5.41, 5.74) is 5.28. The third kappa shape index (κ3) is 3.83. The molecule has 0 spiro atoms. The summed E-state index contributed by atoms with van der Waals surface area (Å²) in [6.07, 6.45) is -0.728. The molecule has 0 radical (unpaired) electrons. The van der Waals surface area contributed by atoms with E-state index in [9.17, 15) is 9.90 Å². The van der Waals surface area contributed by atoms with Gasteiger partial charge in [-0.3, -0.25) is 4.79 Å². The van der Waals surface area contributed by atoms with E-state index in [1.165, 1.54) is 0 Å². The molecule has 3 aromatic rings. The minimum atomic E-state index is -0.728. The van der Waals surface area contributed by atoms with Gasteiger partial charge in [-0.2, -0.15) is 5.10 Å². The molecular weight excluding hydrogens is 326 g/mol. The quantitative estimate of drug-likeness (QED) is 0.743. The van der Waals surface area contributed by atoms with Gasteiger partial charge in [0.1, 0.15) is 0 Å². The minimum absolute atomic E-state index is 0.170. The zero-order chi connectivity index (χ0) is 18.7. The lowest BCUT2D eigenvalue weighted by Crippen LogP contribution is -2.28. The average Bonchev–Trinajstić information content (AvgIpc) is 2.98. The molecule has 1 amide bonds.